The predicted molar refractivity (Wildman–Crippen MR) is 252 cm³/mol. The van der Waals surface area contributed by atoms with Crippen molar-refractivity contribution in [3.63, 3.8) is 0 Å². The monoisotopic (exact) mass is 769 g/mol. The third kappa shape index (κ3) is 6.11. The summed E-state index contributed by atoms with van der Waals surface area (Å²) in [5.74, 6) is 1.75. The summed E-state index contributed by atoms with van der Waals surface area (Å²) in [4.78, 5) is 7.13. The Labute approximate surface area is 351 Å². The second-order valence-corrected chi connectivity index (χ2v) is 15.4. The van der Waals surface area contributed by atoms with E-state index in [9.17, 15) is 0 Å². The Balaban J connectivity index is 1.15. The predicted octanol–water partition coefficient (Wildman–Crippen LogP) is 13.0. The maximum Gasteiger partial charge on any atom is 0.256 e. The van der Waals surface area contributed by atoms with Crippen LogP contribution in [-0.4, -0.2) is 6.71 Å². The van der Waals surface area contributed by atoms with E-state index in [1.807, 2.05) is 0 Å². The fraction of sp³-hybridized carbons (Fsp3) is 0.0182. The molecule has 0 saturated carbocycles. The van der Waals surface area contributed by atoms with Gasteiger partial charge in [0.15, 0.2) is 0 Å². The van der Waals surface area contributed by atoms with Crippen molar-refractivity contribution in [2.45, 2.75) is 6.92 Å². The minimum absolute atomic E-state index is 0.0682. The third-order valence-electron chi connectivity index (χ3n) is 11.7. The van der Waals surface area contributed by atoms with Gasteiger partial charge in [-0.1, -0.05) is 133 Å². The molecule has 0 amide bonds. The molecule has 9 aromatic carbocycles. The summed E-state index contributed by atoms with van der Waals surface area (Å²) in [6, 6.07) is 80.2. The Morgan fingerprint density at radius 2 is 0.867 bits per heavy atom. The van der Waals surface area contributed by atoms with Gasteiger partial charge in [0.25, 0.3) is 6.71 Å². The Hall–Kier alpha value is -7.76. The molecule has 0 aromatic heterocycles. The average molecular weight is 770 g/mol. The fourth-order valence-electron chi connectivity index (χ4n) is 9.12. The molecule has 9 aromatic rings. The molecule has 60 heavy (non-hydrogen) atoms. The molecule has 2 heterocycles. The SMILES string of the molecule is Cc1cc2c3c(c1)N(c1ccccc1-c1ccccc1)c1cc(N(c4ccccc4)c4ccccc4)ccc1B3c1ccc(N(c3ccccc3)c3ccccc3)cc1O2. The number of nitrogens with zero attached hydrogens (tertiary/aromatic N) is 3. The number of para-hydroxylation sites is 5. The van der Waals surface area contributed by atoms with Crippen molar-refractivity contribution < 1.29 is 4.74 Å². The van der Waals surface area contributed by atoms with Crippen LogP contribution in [-0.2, 0) is 0 Å². The minimum Gasteiger partial charge on any atom is -0.458 e. The molecule has 5 heteroatoms. The summed E-state index contributed by atoms with van der Waals surface area (Å²) in [6.45, 7) is 2.11. The van der Waals surface area contributed by atoms with E-state index in [-0.39, 0.29) is 6.71 Å². The summed E-state index contributed by atoms with van der Waals surface area (Å²) < 4.78 is 7.10. The van der Waals surface area contributed by atoms with Gasteiger partial charge in [0.1, 0.15) is 11.5 Å². The largest absolute Gasteiger partial charge is 0.458 e. The lowest BCUT2D eigenvalue weighted by Crippen LogP contribution is -2.59. The fourth-order valence-corrected chi connectivity index (χ4v) is 9.12. The number of benzene rings is 9. The van der Waals surface area contributed by atoms with Crippen molar-refractivity contribution in [2.24, 2.45) is 0 Å². The zero-order valence-electron chi connectivity index (χ0n) is 33.2. The van der Waals surface area contributed by atoms with E-state index in [2.05, 4.69) is 246 Å². The average Bonchev–Trinajstić information content (AvgIpc) is 3.30. The smallest absolute Gasteiger partial charge is 0.256 e. The highest BCUT2D eigenvalue weighted by Crippen LogP contribution is 2.47. The van der Waals surface area contributed by atoms with Crippen molar-refractivity contribution in [2.75, 3.05) is 14.7 Å². The van der Waals surface area contributed by atoms with E-state index in [4.69, 9.17) is 4.74 Å². The zero-order valence-corrected chi connectivity index (χ0v) is 33.2. The first kappa shape index (κ1) is 35.4. The van der Waals surface area contributed by atoms with Gasteiger partial charge in [-0.25, -0.2) is 0 Å². The van der Waals surface area contributed by atoms with Crippen LogP contribution in [0.1, 0.15) is 5.56 Å². The third-order valence-corrected chi connectivity index (χ3v) is 11.7. The number of anilines is 9. The van der Waals surface area contributed by atoms with Gasteiger partial charge in [-0.15, -0.1) is 0 Å². The highest BCUT2D eigenvalue weighted by molar-refractivity contribution is 6.99. The number of aryl methyl sites for hydroxylation is 1. The lowest BCUT2D eigenvalue weighted by molar-refractivity contribution is 0.487. The molecule has 0 bridgehead atoms. The highest BCUT2D eigenvalue weighted by atomic mass is 16.5. The molecule has 0 aliphatic carbocycles. The topological polar surface area (TPSA) is 19.0 Å². The molecule has 0 saturated heterocycles. The summed E-state index contributed by atoms with van der Waals surface area (Å²) >= 11 is 0. The van der Waals surface area contributed by atoms with Crippen LogP contribution < -0.4 is 35.8 Å². The Bertz CT molecular complexity index is 2900. The van der Waals surface area contributed by atoms with Crippen LogP contribution in [0.4, 0.5) is 51.2 Å². The first-order valence-electron chi connectivity index (χ1n) is 20.5. The van der Waals surface area contributed by atoms with E-state index in [1.54, 1.807) is 0 Å². The van der Waals surface area contributed by atoms with Crippen LogP contribution in [0.25, 0.3) is 11.1 Å². The normalized spacial score (nSPS) is 12.2. The van der Waals surface area contributed by atoms with Crippen molar-refractivity contribution in [1.82, 2.24) is 0 Å². The van der Waals surface area contributed by atoms with Crippen LogP contribution in [0.15, 0.2) is 224 Å². The number of fused-ring (bicyclic) bond motifs is 4. The molecule has 0 spiro atoms. The molecule has 0 fully saturated rings. The maximum atomic E-state index is 7.10. The van der Waals surface area contributed by atoms with Crippen LogP contribution in [0, 0.1) is 6.92 Å². The van der Waals surface area contributed by atoms with E-state index >= 15 is 0 Å². The first-order chi connectivity index (χ1) is 29.7. The second kappa shape index (κ2) is 14.9. The van der Waals surface area contributed by atoms with Crippen molar-refractivity contribution in [3.05, 3.63) is 230 Å². The van der Waals surface area contributed by atoms with E-state index in [0.29, 0.717) is 0 Å². The molecule has 284 valence electrons. The molecule has 0 unspecified atom stereocenters. The molecule has 0 atom stereocenters. The molecule has 11 rings (SSSR count). The van der Waals surface area contributed by atoms with Gasteiger partial charge in [0.05, 0.1) is 5.69 Å². The number of hydrogen-bond acceptors (Lipinski definition) is 4. The van der Waals surface area contributed by atoms with Gasteiger partial charge in [-0.2, -0.15) is 0 Å². The number of ether oxygens (including phenoxy) is 1. The zero-order chi connectivity index (χ0) is 40.0. The van der Waals surface area contributed by atoms with Crippen LogP contribution in [0.2, 0.25) is 0 Å². The van der Waals surface area contributed by atoms with E-state index in [1.165, 1.54) is 16.5 Å². The summed E-state index contributed by atoms with van der Waals surface area (Å²) in [6.07, 6.45) is 0. The van der Waals surface area contributed by atoms with Gasteiger partial charge in [0.2, 0.25) is 0 Å². The van der Waals surface area contributed by atoms with Gasteiger partial charge < -0.3 is 19.4 Å². The quantitative estimate of drug-likeness (QED) is 0.143. The lowest BCUT2D eigenvalue weighted by Gasteiger charge is -2.41. The van der Waals surface area contributed by atoms with Crippen molar-refractivity contribution in [3.8, 4) is 22.6 Å². The van der Waals surface area contributed by atoms with Gasteiger partial charge in [-0.05, 0) is 119 Å². The second-order valence-electron chi connectivity index (χ2n) is 15.4. The van der Waals surface area contributed by atoms with Crippen LogP contribution in [0.3, 0.4) is 0 Å². The van der Waals surface area contributed by atoms with Crippen LogP contribution in [0.5, 0.6) is 11.5 Å². The Morgan fingerprint density at radius 1 is 0.383 bits per heavy atom. The van der Waals surface area contributed by atoms with Gasteiger partial charge in [0, 0.05) is 57.1 Å². The van der Waals surface area contributed by atoms with Crippen LogP contribution >= 0.6 is 0 Å². The number of hydrogen-bond donors (Lipinski definition) is 0. The van der Waals surface area contributed by atoms with Gasteiger partial charge in [-0.3, -0.25) is 0 Å². The maximum absolute atomic E-state index is 7.10. The first-order valence-corrected chi connectivity index (χ1v) is 20.5. The van der Waals surface area contributed by atoms with E-state index < -0.39 is 0 Å². The molecule has 0 N–H and O–H groups in total. The lowest BCUT2D eigenvalue weighted by atomic mass is 9.34. The molecular weight excluding hydrogens is 729 g/mol. The Kier molecular flexibility index (Phi) is 8.78. The molecule has 0 radical (unpaired) electrons. The standard InChI is InChI=1S/C55H40BN3O/c1-39-35-52-55-54(36-39)60-53-38-46(58(43-25-13-5-14-26-43)44-27-15-6-16-28-44)32-34-49(53)56(55)48-33-31-45(57(41-21-9-3-10-22-41)42-23-11-4-12-24-42)37-51(48)59(52)50-30-18-17-29-47(50)40-19-7-2-8-20-40/h2-38H,1H3. The molecule has 4 nitrogen and oxygen atoms in total. The van der Waals surface area contributed by atoms with Gasteiger partial charge >= 0.3 is 0 Å². The molecule has 2 aliphatic heterocycles. The van der Waals surface area contributed by atoms with Crippen molar-refractivity contribution >= 4 is 74.3 Å². The van der Waals surface area contributed by atoms with Crippen molar-refractivity contribution in [1.29, 1.82) is 0 Å². The molecular formula is C55H40BN3O. The summed E-state index contributed by atoms with van der Waals surface area (Å²) in [7, 11) is 0. The van der Waals surface area contributed by atoms with E-state index in [0.717, 1.165) is 79.3 Å². The minimum atomic E-state index is -0.0682. The Morgan fingerprint density at radius 3 is 1.43 bits per heavy atom. The number of rotatable bonds is 8. The molecule has 2 aliphatic rings. The summed E-state index contributed by atoms with van der Waals surface area (Å²) in [5, 5.41) is 0. The summed E-state index contributed by atoms with van der Waals surface area (Å²) in [5.41, 5.74) is 16.9. The highest BCUT2D eigenvalue weighted by Gasteiger charge is 2.43.